The number of ether oxygens (including phenoxy) is 1. The normalized spacial score (nSPS) is 15.5. The Morgan fingerprint density at radius 1 is 0.967 bits per heavy atom. The van der Waals surface area contributed by atoms with Crippen molar-refractivity contribution in [3.63, 3.8) is 0 Å². The second-order valence-electron chi connectivity index (χ2n) is 6.36. The van der Waals surface area contributed by atoms with Crippen molar-refractivity contribution in [1.82, 2.24) is 5.32 Å². The maximum atomic E-state index is 12.9. The number of halogens is 1. The van der Waals surface area contributed by atoms with Crippen LogP contribution in [-0.4, -0.2) is 25.0 Å². The van der Waals surface area contributed by atoms with Crippen molar-refractivity contribution in [3.05, 3.63) is 75.6 Å². The van der Waals surface area contributed by atoms with Gasteiger partial charge in [0.1, 0.15) is 22.8 Å². The molecule has 2 heterocycles. The van der Waals surface area contributed by atoms with E-state index < -0.39 is 17.8 Å². The van der Waals surface area contributed by atoms with Crippen LogP contribution >= 0.6 is 22.6 Å². The Hall–Kier alpha value is -3.40. The maximum absolute atomic E-state index is 12.9. The predicted octanol–water partition coefficient (Wildman–Crippen LogP) is 4.23. The van der Waals surface area contributed by atoms with Gasteiger partial charge < -0.3 is 9.15 Å². The molecule has 0 saturated carbocycles. The highest BCUT2D eigenvalue weighted by Gasteiger charge is 2.37. The van der Waals surface area contributed by atoms with E-state index in [0.29, 0.717) is 23.0 Å². The van der Waals surface area contributed by atoms with Gasteiger partial charge in [-0.1, -0.05) is 12.1 Å². The molecule has 1 fully saturated rings. The molecule has 1 N–H and O–H groups in total. The number of hydrogen-bond acceptors (Lipinski definition) is 5. The lowest BCUT2D eigenvalue weighted by Gasteiger charge is -2.26. The predicted molar refractivity (Wildman–Crippen MR) is 119 cm³/mol. The number of carbonyl (C=O) groups excluding carboxylic acids is 3. The van der Waals surface area contributed by atoms with Gasteiger partial charge in [-0.25, -0.2) is 9.69 Å². The van der Waals surface area contributed by atoms with Crippen LogP contribution in [0.15, 0.2) is 70.7 Å². The van der Waals surface area contributed by atoms with Crippen molar-refractivity contribution in [1.29, 1.82) is 0 Å². The summed E-state index contributed by atoms with van der Waals surface area (Å²) in [5, 5.41) is 2.19. The molecule has 0 spiro atoms. The molecule has 0 unspecified atom stereocenters. The number of rotatable bonds is 4. The molecule has 30 heavy (non-hydrogen) atoms. The number of amides is 4. The van der Waals surface area contributed by atoms with E-state index in [1.807, 2.05) is 24.3 Å². The molecule has 1 aliphatic heterocycles. The summed E-state index contributed by atoms with van der Waals surface area (Å²) in [5.41, 5.74) is 0.985. The van der Waals surface area contributed by atoms with Crippen LogP contribution in [-0.2, 0) is 9.59 Å². The number of carbonyl (C=O) groups is 3. The Labute approximate surface area is 185 Å². The fourth-order valence-electron chi connectivity index (χ4n) is 2.97. The largest absolute Gasteiger partial charge is 0.497 e. The first-order chi connectivity index (χ1) is 14.5. The number of hydrogen-bond donors (Lipinski definition) is 1. The van der Waals surface area contributed by atoms with Gasteiger partial charge in [0.05, 0.1) is 12.8 Å². The molecule has 2 aromatic carbocycles. The van der Waals surface area contributed by atoms with Gasteiger partial charge in [0, 0.05) is 9.13 Å². The third-order valence-electron chi connectivity index (χ3n) is 4.47. The molecular formula is C22H15IN2O5. The van der Waals surface area contributed by atoms with E-state index in [2.05, 4.69) is 27.9 Å². The van der Waals surface area contributed by atoms with Crippen LogP contribution in [0.5, 0.6) is 5.75 Å². The smallest absolute Gasteiger partial charge is 0.335 e. The van der Waals surface area contributed by atoms with Crippen molar-refractivity contribution in [2.45, 2.75) is 0 Å². The molecular weight excluding hydrogens is 499 g/mol. The van der Waals surface area contributed by atoms with Crippen molar-refractivity contribution < 1.29 is 23.5 Å². The standard InChI is InChI=1S/C22H15IN2O5/c1-29-16-8-6-15(7-9-16)25-21(27)18(20(26)24-22(25)28)12-17-10-11-19(30-17)13-2-4-14(23)5-3-13/h2-12H,1H3,(H,24,26,28)/b18-12+. The van der Waals surface area contributed by atoms with Gasteiger partial charge in [-0.05, 0) is 77.2 Å². The van der Waals surface area contributed by atoms with Crippen LogP contribution in [0.1, 0.15) is 5.76 Å². The monoisotopic (exact) mass is 514 g/mol. The Morgan fingerprint density at radius 2 is 1.67 bits per heavy atom. The van der Waals surface area contributed by atoms with Gasteiger partial charge in [0.15, 0.2) is 0 Å². The van der Waals surface area contributed by atoms with Gasteiger partial charge >= 0.3 is 6.03 Å². The van der Waals surface area contributed by atoms with Gasteiger partial charge in [-0.3, -0.25) is 14.9 Å². The van der Waals surface area contributed by atoms with Crippen molar-refractivity contribution in [3.8, 4) is 17.1 Å². The second kappa shape index (κ2) is 8.15. The van der Waals surface area contributed by atoms with Crippen LogP contribution in [0, 0.1) is 3.57 Å². The van der Waals surface area contributed by atoms with E-state index >= 15 is 0 Å². The third-order valence-corrected chi connectivity index (χ3v) is 5.19. The van der Waals surface area contributed by atoms with Crippen molar-refractivity contribution >= 4 is 52.2 Å². The molecule has 7 nitrogen and oxygen atoms in total. The van der Waals surface area contributed by atoms with Crippen LogP contribution in [0.25, 0.3) is 17.4 Å². The number of benzene rings is 2. The minimum atomic E-state index is -0.814. The summed E-state index contributed by atoms with van der Waals surface area (Å²) in [5.74, 6) is -0.00614. The summed E-state index contributed by atoms with van der Waals surface area (Å²) in [6.45, 7) is 0. The molecule has 4 amide bonds. The first kappa shape index (κ1) is 19.9. The Kier molecular flexibility index (Phi) is 5.40. The van der Waals surface area contributed by atoms with Crippen molar-refractivity contribution in [2.24, 2.45) is 0 Å². The van der Waals surface area contributed by atoms with E-state index in [9.17, 15) is 14.4 Å². The van der Waals surface area contributed by atoms with Gasteiger partial charge in [-0.2, -0.15) is 0 Å². The van der Waals surface area contributed by atoms with Crippen molar-refractivity contribution in [2.75, 3.05) is 12.0 Å². The highest BCUT2D eigenvalue weighted by atomic mass is 127. The molecule has 0 atom stereocenters. The summed E-state index contributed by atoms with van der Waals surface area (Å²) >= 11 is 2.21. The molecule has 150 valence electrons. The molecule has 1 aromatic heterocycles. The van der Waals surface area contributed by atoms with E-state index in [1.54, 1.807) is 36.4 Å². The zero-order valence-corrected chi connectivity index (χ0v) is 17.9. The number of methoxy groups -OCH3 is 1. The summed E-state index contributed by atoms with van der Waals surface area (Å²) in [7, 11) is 1.52. The fourth-order valence-corrected chi connectivity index (χ4v) is 3.32. The quantitative estimate of drug-likeness (QED) is 0.320. The molecule has 8 heteroatoms. The number of imide groups is 2. The highest BCUT2D eigenvalue weighted by Crippen LogP contribution is 2.27. The van der Waals surface area contributed by atoms with E-state index in [4.69, 9.17) is 9.15 Å². The lowest BCUT2D eigenvalue weighted by atomic mass is 10.1. The first-order valence-electron chi connectivity index (χ1n) is 8.87. The minimum absolute atomic E-state index is 0.200. The number of urea groups is 1. The molecule has 4 rings (SSSR count). The summed E-state index contributed by atoms with van der Waals surface area (Å²) < 4.78 is 12.0. The Morgan fingerprint density at radius 3 is 2.33 bits per heavy atom. The summed E-state index contributed by atoms with van der Waals surface area (Å²) in [6, 6.07) is 16.7. The van der Waals surface area contributed by atoms with E-state index in [0.717, 1.165) is 14.0 Å². The minimum Gasteiger partial charge on any atom is -0.497 e. The van der Waals surface area contributed by atoms with Crippen LogP contribution in [0.3, 0.4) is 0 Å². The fraction of sp³-hybridized carbons (Fsp3) is 0.0455. The zero-order chi connectivity index (χ0) is 21.3. The first-order valence-corrected chi connectivity index (χ1v) is 9.95. The van der Waals surface area contributed by atoms with Gasteiger partial charge in [0.25, 0.3) is 11.8 Å². The van der Waals surface area contributed by atoms with Gasteiger partial charge in [0.2, 0.25) is 0 Å². The molecule has 1 saturated heterocycles. The molecule has 0 aliphatic carbocycles. The molecule has 1 aliphatic rings. The Balaban J connectivity index is 1.65. The van der Waals surface area contributed by atoms with Gasteiger partial charge in [-0.15, -0.1) is 0 Å². The van der Waals surface area contributed by atoms with Crippen LogP contribution in [0.4, 0.5) is 10.5 Å². The number of nitrogens with one attached hydrogen (secondary N) is 1. The topological polar surface area (TPSA) is 88.8 Å². The molecule has 0 bridgehead atoms. The number of barbiturate groups is 1. The second-order valence-corrected chi connectivity index (χ2v) is 7.61. The zero-order valence-electron chi connectivity index (χ0n) is 15.7. The Bertz CT molecular complexity index is 1160. The third kappa shape index (κ3) is 3.86. The number of furan rings is 1. The van der Waals surface area contributed by atoms with Crippen LogP contribution < -0.4 is 15.0 Å². The maximum Gasteiger partial charge on any atom is 0.335 e. The SMILES string of the molecule is COc1ccc(N2C(=O)NC(=O)/C(=C\c3ccc(-c4ccc(I)cc4)o3)C2=O)cc1. The van der Waals surface area contributed by atoms with E-state index in [-0.39, 0.29) is 5.57 Å². The average molecular weight is 514 g/mol. The molecule has 0 radical (unpaired) electrons. The lowest BCUT2D eigenvalue weighted by molar-refractivity contribution is -0.122. The van der Waals surface area contributed by atoms with E-state index in [1.165, 1.54) is 13.2 Å². The number of anilines is 1. The lowest BCUT2D eigenvalue weighted by Crippen LogP contribution is -2.54. The number of nitrogens with zero attached hydrogens (tertiary/aromatic N) is 1. The average Bonchev–Trinajstić information content (AvgIpc) is 3.21. The van der Waals surface area contributed by atoms with Crippen LogP contribution in [0.2, 0.25) is 0 Å². The molecule has 3 aromatic rings. The summed E-state index contributed by atoms with van der Waals surface area (Å²) in [6.07, 6.45) is 1.33. The summed E-state index contributed by atoms with van der Waals surface area (Å²) in [4.78, 5) is 38.4. The highest BCUT2D eigenvalue weighted by molar-refractivity contribution is 14.1.